The molecule has 0 aliphatic heterocycles. The predicted octanol–water partition coefficient (Wildman–Crippen LogP) is 3.59. The number of hydrogen-bond donors (Lipinski definition) is 0. The summed E-state index contributed by atoms with van der Waals surface area (Å²) < 4.78 is 0. The van der Waals surface area contributed by atoms with Crippen molar-refractivity contribution in [1.29, 1.82) is 0 Å². The largest absolute Gasteiger partial charge is 0.251 e. The Bertz CT molecular complexity index is 477. The Morgan fingerprint density at radius 2 is 2.00 bits per heavy atom. The number of halogens is 1. The van der Waals surface area contributed by atoms with Crippen LogP contribution in [-0.2, 0) is 5.88 Å². The number of pyridine rings is 1. The highest BCUT2D eigenvalue weighted by molar-refractivity contribution is 6.17. The molecule has 0 atom stereocenters. The molecule has 1 aromatic carbocycles. The first-order valence-electron chi connectivity index (χ1n) is 4.63. The topological polar surface area (TPSA) is 12.9 Å². The van der Waals surface area contributed by atoms with Crippen molar-refractivity contribution in [3.8, 4) is 0 Å². The van der Waals surface area contributed by atoms with Gasteiger partial charge in [-0.3, -0.25) is 4.98 Å². The Morgan fingerprint density at radius 3 is 2.71 bits per heavy atom. The predicted molar refractivity (Wildman–Crippen MR) is 60.8 cm³/mol. The highest BCUT2D eigenvalue weighted by Crippen LogP contribution is 2.19. The third-order valence-electron chi connectivity index (χ3n) is 2.32. The van der Waals surface area contributed by atoms with Crippen molar-refractivity contribution in [2.45, 2.75) is 19.7 Å². The van der Waals surface area contributed by atoms with Gasteiger partial charge in [-0.15, -0.1) is 11.6 Å². The van der Waals surface area contributed by atoms with E-state index in [4.69, 9.17) is 11.6 Å². The summed E-state index contributed by atoms with van der Waals surface area (Å²) in [6.45, 7) is 4.18. The molecule has 0 spiro atoms. The fourth-order valence-electron chi connectivity index (χ4n) is 1.71. The normalized spacial score (nSPS) is 10.8. The Kier molecular flexibility index (Phi) is 2.42. The number of hydrogen-bond acceptors (Lipinski definition) is 1. The maximum absolute atomic E-state index is 5.75. The van der Waals surface area contributed by atoms with Gasteiger partial charge in [-0.2, -0.15) is 0 Å². The van der Waals surface area contributed by atoms with E-state index >= 15 is 0 Å². The molecular weight excluding hydrogens is 194 g/mol. The summed E-state index contributed by atoms with van der Waals surface area (Å²) in [6, 6.07) is 8.36. The molecule has 0 unspecified atom stereocenters. The highest BCUT2D eigenvalue weighted by Gasteiger charge is 2.01. The van der Waals surface area contributed by atoms with E-state index in [2.05, 4.69) is 37.0 Å². The van der Waals surface area contributed by atoms with Gasteiger partial charge in [-0.1, -0.05) is 17.7 Å². The highest BCUT2D eigenvalue weighted by atomic mass is 35.5. The minimum Gasteiger partial charge on any atom is -0.251 e. The van der Waals surface area contributed by atoms with Crippen LogP contribution in [0, 0.1) is 13.8 Å². The lowest BCUT2D eigenvalue weighted by Gasteiger charge is -2.04. The molecule has 0 aliphatic carbocycles. The van der Waals surface area contributed by atoms with Crippen molar-refractivity contribution in [2.24, 2.45) is 0 Å². The zero-order chi connectivity index (χ0) is 10.1. The standard InChI is InChI=1S/C12H12ClN/c1-8-5-9(2)12-10(6-8)3-4-11(7-13)14-12/h3-6H,7H2,1-2H3. The molecule has 72 valence electrons. The van der Waals surface area contributed by atoms with Gasteiger partial charge in [0.05, 0.1) is 17.1 Å². The monoisotopic (exact) mass is 205 g/mol. The van der Waals surface area contributed by atoms with E-state index in [1.54, 1.807) is 0 Å². The number of benzene rings is 1. The Hall–Kier alpha value is -1.08. The lowest BCUT2D eigenvalue weighted by molar-refractivity contribution is 1.20. The molecule has 0 radical (unpaired) electrons. The molecule has 0 saturated carbocycles. The van der Waals surface area contributed by atoms with E-state index in [-0.39, 0.29) is 0 Å². The van der Waals surface area contributed by atoms with Crippen molar-refractivity contribution >= 4 is 22.5 Å². The molecule has 1 aromatic heterocycles. The number of fused-ring (bicyclic) bond motifs is 1. The van der Waals surface area contributed by atoms with E-state index < -0.39 is 0 Å². The van der Waals surface area contributed by atoms with Crippen LogP contribution in [0.3, 0.4) is 0 Å². The molecule has 2 aromatic rings. The van der Waals surface area contributed by atoms with E-state index in [1.807, 2.05) is 6.07 Å². The molecule has 0 aliphatic rings. The van der Waals surface area contributed by atoms with Crippen molar-refractivity contribution in [2.75, 3.05) is 0 Å². The molecule has 0 amide bonds. The van der Waals surface area contributed by atoms with Crippen molar-refractivity contribution < 1.29 is 0 Å². The zero-order valence-corrected chi connectivity index (χ0v) is 9.10. The van der Waals surface area contributed by atoms with E-state index in [9.17, 15) is 0 Å². The summed E-state index contributed by atoms with van der Waals surface area (Å²) in [6.07, 6.45) is 0. The number of rotatable bonds is 1. The molecular formula is C12H12ClN. The first-order chi connectivity index (χ1) is 6.70. The van der Waals surface area contributed by atoms with Crippen LogP contribution in [0.1, 0.15) is 16.8 Å². The summed E-state index contributed by atoms with van der Waals surface area (Å²) in [7, 11) is 0. The maximum atomic E-state index is 5.75. The van der Waals surface area contributed by atoms with Gasteiger partial charge in [0.15, 0.2) is 0 Å². The summed E-state index contributed by atoms with van der Waals surface area (Å²) in [4.78, 5) is 4.50. The van der Waals surface area contributed by atoms with E-state index in [0.717, 1.165) is 11.2 Å². The fraction of sp³-hybridized carbons (Fsp3) is 0.250. The van der Waals surface area contributed by atoms with E-state index in [0.29, 0.717) is 5.88 Å². The van der Waals surface area contributed by atoms with Gasteiger partial charge >= 0.3 is 0 Å². The molecule has 0 bridgehead atoms. The van der Waals surface area contributed by atoms with Gasteiger partial charge < -0.3 is 0 Å². The number of aryl methyl sites for hydroxylation is 2. The van der Waals surface area contributed by atoms with E-state index in [1.165, 1.54) is 16.5 Å². The summed E-state index contributed by atoms with van der Waals surface area (Å²) in [5.41, 5.74) is 4.49. The average Bonchev–Trinajstić information content (AvgIpc) is 2.17. The first kappa shape index (κ1) is 9.47. The number of aromatic nitrogens is 1. The summed E-state index contributed by atoms with van der Waals surface area (Å²) >= 11 is 5.75. The quantitative estimate of drug-likeness (QED) is 0.649. The Balaban J connectivity index is 2.75. The van der Waals surface area contributed by atoms with Crippen LogP contribution in [0.4, 0.5) is 0 Å². The van der Waals surface area contributed by atoms with Gasteiger partial charge in [0.1, 0.15) is 0 Å². The van der Waals surface area contributed by atoms with Crippen LogP contribution in [-0.4, -0.2) is 4.98 Å². The van der Waals surface area contributed by atoms with Gasteiger partial charge in [0.2, 0.25) is 0 Å². The van der Waals surface area contributed by atoms with Crippen LogP contribution >= 0.6 is 11.6 Å². The Morgan fingerprint density at radius 1 is 1.21 bits per heavy atom. The van der Waals surface area contributed by atoms with Crippen molar-refractivity contribution in [3.63, 3.8) is 0 Å². The Labute approximate surface area is 88.7 Å². The second kappa shape index (κ2) is 3.58. The molecule has 1 heterocycles. The molecule has 1 nitrogen and oxygen atoms in total. The second-order valence-electron chi connectivity index (χ2n) is 3.59. The van der Waals surface area contributed by atoms with Crippen molar-refractivity contribution in [1.82, 2.24) is 4.98 Å². The number of nitrogens with zero attached hydrogens (tertiary/aromatic N) is 1. The van der Waals surface area contributed by atoms with Crippen LogP contribution < -0.4 is 0 Å². The van der Waals surface area contributed by atoms with Gasteiger partial charge in [-0.25, -0.2) is 0 Å². The van der Waals surface area contributed by atoms with Gasteiger partial charge in [0, 0.05) is 5.39 Å². The van der Waals surface area contributed by atoms with Gasteiger partial charge in [0.25, 0.3) is 0 Å². The minimum atomic E-state index is 0.475. The SMILES string of the molecule is Cc1cc(C)c2nc(CCl)ccc2c1. The lowest BCUT2D eigenvalue weighted by Crippen LogP contribution is -1.89. The zero-order valence-electron chi connectivity index (χ0n) is 8.34. The van der Waals surface area contributed by atoms with Crippen LogP contribution in [0.2, 0.25) is 0 Å². The first-order valence-corrected chi connectivity index (χ1v) is 5.17. The molecule has 0 N–H and O–H groups in total. The average molecular weight is 206 g/mol. The third kappa shape index (κ3) is 1.60. The molecule has 0 saturated heterocycles. The molecule has 2 rings (SSSR count). The van der Waals surface area contributed by atoms with Crippen LogP contribution in [0.5, 0.6) is 0 Å². The minimum absolute atomic E-state index is 0.475. The second-order valence-corrected chi connectivity index (χ2v) is 3.86. The molecule has 14 heavy (non-hydrogen) atoms. The molecule has 0 fully saturated rings. The fourth-order valence-corrected chi connectivity index (χ4v) is 1.86. The molecule has 2 heteroatoms. The smallest absolute Gasteiger partial charge is 0.0735 e. The van der Waals surface area contributed by atoms with Gasteiger partial charge in [-0.05, 0) is 31.5 Å². The van der Waals surface area contributed by atoms with Crippen molar-refractivity contribution in [3.05, 3.63) is 41.1 Å². The lowest BCUT2D eigenvalue weighted by atomic mass is 10.1. The number of alkyl halides is 1. The maximum Gasteiger partial charge on any atom is 0.0735 e. The van der Waals surface area contributed by atoms with Crippen LogP contribution in [0.15, 0.2) is 24.3 Å². The van der Waals surface area contributed by atoms with Crippen LogP contribution in [0.25, 0.3) is 10.9 Å². The summed E-state index contributed by atoms with van der Waals surface area (Å²) in [5.74, 6) is 0.475. The third-order valence-corrected chi connectivity index (χ3v) is 2.60. The summed E-state index contributed by atoms with van der Waals surface area (Å²) in [5, 5.41) is 1.19.